The lowest BCUT2D eigenvalue weighted by Gasteiger charge is -2.43. The van der Waals surface area contributed by atoms with Gasteiger partial charge in [-0.25, -0.2) is 0 Å². The van der Waals surface area contributed by atoms with Gasteiger partial charge in [0, 0.05) is 5.92 Å². The molecule has 0 radical (unpaired) electrons. The van der Waals surface area contributed by atoms with Crippen LogP contribution < -0.4 is 5.73 Å². The van der Waals surface area contributed by atoms with Crippen LogP contribution in [-0.4, -0.2) is 0 Å². The lowest BCUT2D eigenvalue weighted by molar-refractivity contribution is 0.207. The van der Waals surface area contributed by atoms with Crippen LogP contribution >= 0.6 is 0 Å². The summed E-state index contributed by atoms with van der Waals surface area (Å²) in [5.74, 6) is 0.459. The predicted octanol–water partition coefficient (Wildman–Crippen LogP) is 2.77. The van der Waals surface area contributed by atoms with Crippen molar-refractivity contribution in [2.24, 2.45) is 28.9 Å². The maximum atomic E-state index is 9.57. The largest absolute Gasteiger partial charge is 0.399 e. The lowest BCUT2D eigenvalue weighted by Crippen LogP contribution is -2.44. The van der Waals surface area contributed by atoms with E-state index in [2.05, 4.69) is 31.2 Å². The van der Waals surface area contributed by atoms with E-state index in [4.69, 9.17) is 5.73 Å². The van der Waals surface area contributed by atoms with Crippen LogP contribution in [-0.2, 0) is 0 Å². The first-order valence-corrected chi connectivity index (χ1v) is 6.98. The second-order valence-electron chi connectivity index (χ2n) is 5.79. The zero-order chi connectivity index (χ0) is 14.9. The maximum Gasteiger partial charge on any atom is 0.187 e. The number of rotatable bonds is 1. The van der Waals surface area contributed by atoms with Gasteiger partial charge in [-0.1, -0.05) is 19.9 Å². The monoisotopic (exact) mass is 266 g/mol. The number of nitrogens with zero attached hydrogens (tertiary/aromatic N) is 3. The van der Waals surface area contributed by atoms with E-state index in [1.54, 1.807) is 0 Å². The van der Waals surface area contributed by atoms with Crippen LogP contribution in [0.4, 0.5) is 0 Å². The molecule has 0 bridgehead atoms. The summed E-state index contributed by atoms with van der Waals surface area (Å²) in [6.45, 7) is 4.14. The fraction of sp³-hybridized carbons (Fsp3) is 0.562. The van der Waals surface area contributed by atoms with Gasteiger partial charge >= 0.3 is 0 Å². The molecule has 0 aromatic rings. The van der Waals surface area contributed by atoms with E-state index in [1.807, 2.05) is 6.92 Å². The molecule has 0 aromatic heterocycles. The maximum absolute atomic E-state index is 9.57. The van der Waals surface area contributed by atoms with E-state index < -0.39 is 5.41 Å². The van der Waals surface area contributed by atoms with Crippen LogP contribution in [0.5, 0.6) is 0 Å². The molecule has 0 unspecified atom stereocenters. The smallest absolute Gasteiger partial charge is 0.187 e. The Kier molecular flexibility index (Phi) is 3.56. The summed E-state index contributed by atoms with van der Waals surface area (Å²) < 4.78 is 0. The summed E-state index contributed by atoms with van der Waals surface area (Å²) in [4.78, 5) is 0. The Bertz CT molecular complexity index is 592. The van der Waals surface area contributed by atoms with E-state index in [0.717, 1.165) is 18.4 Å². The van der Waals surface area contributed by atoms with Gasteiger partial charge in [0.15, 0.2) is 5.41 Å². The van der Waals surface area contributed by atoms with Crippen LogP contribution in [0.1, 0.15) is 33.1 Å². The van der Waals surface area contributed by atoms with Gasteiger partial charge in [0.2, 0.25) is 0 Å². The minimum absolute atomic E-state index is 0.0880. The molecule has 0 spiro atoms. The normalized spacial score (nSPS) is 31.4. The average Bonchev–Trinajstić information content (AvgIpc) is 2.46. The van der Waals surface area contributed by atoms with Gasteiger partial charge in [0.1, 0.15) is 6.07 Å². The molecule has 0 amide bonds. The molecule has 4 nitrogen and oxygen atoms in total. The second kappa shape index (κ2) is 5.03. The molecule has 0 saturated carbocycles. The first-order valence-electron chi connectivity index (χ1n) is 6.98. The Morgan fingerprint density at radius 1 is 1.35 bits per heavy atom. The van der Waals surface area contributed by atoms with Gasteiger partial charge in [0.25, 0.3) is 0 Å². The van der Waals surface area contributed by atoms with E-state index in [0.29, 0.717) is 17.9 Å². The number of nitriles is 3. The van der Waals surface area contributed by atoms with Gasteiger partial charge in [0.05, 0.1) is 23.4 Å². The van der Waals surface area contributed by atoms with E-state index in [1.165, 1.54) is 0 Å². The molecule has 102 valence electrons. The first-order chi connectivity index (χ1) is 9.55. The van der Waals surface area contributed by atoms with Crippen molar-refractivity contribution < 1.29 is 0 Å². The molecule has 0 fully saturated rings. The number of fused-ring (bicyclic) bond motifs is 1. The zero-order valence-electron chi connectivity index (χ0n) is 11.8. The van der Waals surface area contributed by atoms with Crippen molar-refractivity contribution >= 4 is 0 Å². The van der Waals surface area contributed by atoms with Crippen LogP contribution in [0.3, 0.4) is 0 Å². The fourth-order valence-electron chi connectivity index (χ4n) is 3.69. The Labute approximate surface area is 119 Å². The summed E-state index contributed by atoms with van der Waals surface area (Å²) in [5.41, 5.74) is 6.16. The zero-order valence-corrected chi connectivity index (χ0v) is 11.8. The molecule has 0 aliphatic heterocycles. The minimum atomic E-state index is -1.36. The molecule has 0 aromatic carbocycles. The summed E-state index contributed by atoms with van der Waals surface area (Å²) >= 11 is 0. The first kappa shape index (κ1) is 14.2. The molecule has 0 heterocycles. The van der Waals surface area contributed by atoms with Gasteiger partial charge < -0.3 is 5.73 Å². The molecule has 2 rings (SSSR count). The third kappa shape index (κ3) is 1.71. The molecular formula is C16H18N4. The summed E-state index contributed by atoms with van der Waals surface area (Å²) in [6, 6.07) is 6.34. The quantitative estimate of drug-likeness (QED) is 0.789. The predicted molar refractivity (Wildman–Crippen MR) is 74.2 cm³/mol. The Hall–Kier alpha value is -2.25. The fourth-order valence-corrected chi connectivity index (χ4v) is 3.69. The molecular weight excluding hydrogens is 248 g/mol. The van der Waals surface area contributed by atoms with E-state index >= 15 is 0 Å². The molecule has 2 aliphatic carbocycles. The molecule has 2 N–H and O–H groups in total. The van der Waals surface area contributed by atoms with Gasteiger partial charge in [-0.3, -0.25) is 0 Å². The number of nitrogens with two attached hydrogens (primary N) is 1. The molecule has 20 heavy (non-hydrogen) atoms. The van der Waals surface area contributed by atoms with Crippen LogP contribution in [0.25, 0.3) is 0 Å². The highest BCUT2D eigenvalue weighted by Crippen LogP contribution is 2.53. The number of allylic oxidation sites excluding steroid dienone is 4. The van der Waals surface area contributed by atoms with E-state index in [-0.39, 0.29) is 17.5 Å². The van der Waals surface area contributed by atoms with Crippen LogP contribution in [0.15, 0.2) is 22.9 Å². The van der Waals surface area contributed by atoms with Crippen LogP contribution in [0.2, 0.25) is 0 Å². The third-order valence-corrected chi connectivity index (χ3v) is 4.72. The van der Waals surface area contributed by atoms with Crippen molar-refractivity contribution in [3.05, 3.63) is 22.9 Å². The third-order valence-electron chi connectivity index (χ3n) is 4.72. The highest BCUT2D eigenvalue weighted by atomic mass is 14.7. The van der Waals surface area contributed by atoms with Crippen molar-refractivity contribution in [1.29, 1.82) is 15.8 Å². The van der Waals surface area contributed by atoms with E-state index in [9.17, 15) is 15.8 Å². The number of hydrogen-bond donors (Lipinski definition) is 1. The molecule has 2 aliphatic rings. The topological polar surface area (TPSA) is 97.4 Å². The van der Waals surface area contributed by atoms with Gasteiger partial charge in [-0.2, -0.15) is 15.8 Å². The van der Waals surface area contributed by atoms with Crippen LogP contribution in [0, 0.1) is 57.2 Å². The standard InChI is InChI=1S/C16H18N4/c1-3-14-12-6-10(2)4-5-11(12)13(7-17)15(20)16(14,8-18)9-19/h5,10,12,14H,3-4,6,20H2,1-2H3/t10-,12+,14+/m0/s1. The Morgan fingerprint density at radius 3 is 2.50 bits per heavy atom. The van der Waals surface area contributed by atoms with Gasteiger partial charge in [-0.05, 0) is 36.7 Å². The summed E-state index contributed by atoms with van der Waals surface area (Å²) in [7, 11) is 0. The van der Waals surface area contributed by atoms with Gasteiger partial charge in [-0.15, -0.1) is 0 Å². The molecule has 4 heteroatoms. The Balaban J connectivity index is 2.73. The van der Waals surface area contributed by atoms with Crippen molar-refractivity contribution in [1.82, 2.24) is 0 Å². The van der Waals surface area contributed by atoms with Crippen molar-refractivity contribution in [2.75, 3.05) is 0 Å². The summed E-state index contributed by atoms with van der Waals surface area (Å²) in [5, 5.41) is 28.5. The van der Waals surface area contributed by atoms with Crippen molar-refractivity contribution in [2.45, 2.75) is 33.1 Å². The minimum Gasteiger partial charge on any atom is -0.399 e. The second-order valence-corrected chi connectivity index (χ2v) is 5.79. The van der Waals surface area contributed by atoms with Crippen molar-refractivity contribution in [3.8, 4) is 18.2 Å². The SMILES string of the molecule is CC[C@@H]1[C@@H]2C[C@@H](C)CC=C2C(C#N)=C(N)C1(C#N)C#N. The molecule has 3 atom stereocenters. The average molecular weight is 266 g/mol. The molecule has 0 saturated heterocycles. The highest BCUT2D eigenvalue weighted by molar-refractivity contribution is 5.56. The lowest BCUT2D eigenvalue weighted by atomic mass is 9.57. The highest BCUT2D eigenvalue weighted by Gasteiger charge is 2.52. The summed E-state index contributed by atoms with van der Waals surface area (Å²) in [6.07, 6.45) is 4.61. The number of hydrogen-bond acceptors (Lipinski definition) is 4. The Morgan fingerprint density at radius 2 is 2.00 bits per heavy atom. The van der Waals surface area contributed by atoms with Crippen molar-refractivity contribution in [3.63, 3.8) is 0 Å².